The summed E-state index contributed by atoms with van der Waals surface area (Å²) in [6.07, 6.45) is 1.84. The largest absolute Gasteiger partial charge is 0.310 e. The van der Waals surface area contributed by atoms with E-state index in [0.29, 0.717) is 21.6 Å². The van der Waals surface area contributed by atoms with Gasteiger partial charge in [0.2, 0.25) is 0 Å². The molecule has 0 aliphatic rings. The van der Waals surface area contributed by atoms with Crippen molar-refractivity contribution in [1.82, 2.24) is 5.32 Å². The monoisotopic (exact) mass is 315 g/mol. The normalized spacial score (nSPS) is 13.9. The molecule has 98 valence electrons. The van der Waals surface area contributed by atoms with Gasteiger partial charge in [0, 0.05) is 12.3 Å². The van der Waals surface area contributed by atoms with Gasteiger partial charge < -0.3 is 5.32 Å². The molecule has 0 aromatic carbocycles. The third-order valence-electron chi connectivity index (χ3n) is 2.29. The Balaban J connectivity index is 2.40. The molecule has 3 nitrogen and oxygen atoms in total. The molecule has 0 amide bonds. The molecule has 1 atom stereocenters. The smallest absolute Gasteiger partial charge is 0.147 e. The summed E-state index contributed by atoms with van der Waals surface area (Å²) in [6.45, 7) is 2.61. The van der Waals surface area contributed by atoms with Crippen molar-refractivity contribution in [3.63, 3.8) is 0 Å². The molecule has 1 N–H and O–H groups in total. The second kappa shape index (κ2) is 6.38. The number of hydrogen-bond donors (Lipinski definition) is 1. The molecule has 1 heterocycles. The topological polar surface area (TPSA) is 46.2 Å². The van der Waals surface area contributed by atoms with Crippen LogP contribution in [0.3, 0.4) is 0 Å². The molecule has 1 unspecified atom stereocenters. The van der Waals surface area contributed by atoms with Gasteiger partial charge in [-0.05, 0) is 31.5 Å². The Morgan fingerprint density at radius 1 is 1.47 bits per heavy atom. The first kappa shape index (κ1) is 15.2. The minimum absolute atomic E-state index is 0.0748. The van der Waals surface area contributed by atoms with Gasteiger partial charge in [-0.2, -0.15) is 0 Å². The standard InChI is InChI=1S/C10H15Cl2NO2S2/c1-7(8-6-9(11)16-10(8)12)13-4-3-5-17(2,14)15/h6-7,13H,3-5H2,1-2H3. The van der Waals surface area contributed by atoms with Crippen molar-refractivity contribution in [2.75, 3.05) is 18.6 Å². The average Bonchev–Trinajstić information content (AvgIpc) is 2.51. The average molecular weight is 316 g/mol. The van der Waals surface area contributed by atoms with E-state index in [1.807, 2.05) is 13.0 Å². The zero-order chi connectivity index (χ0) is 13.1. The van der Waals surface area contributed by atoms with Crippen molar-refractivity contribution in [3.05, 3.63) is 20.3 Å². The Bertz CT molecular complexity index is 471. The molecule has 0 fully saturated rings. The molecule has 1 aromatic heterocycles. The zero-order valence-electron chi connectivity index (χ0n) is 9.66. The lowest BCUT2D eigenvalue weighted by Crippen LogP contribution is -2.21. The molecule has 1 rings (SSSR count). The predicted molar refractivity (Wildman–Crippen MR) is 75.1 cm³/mol. The molecule has 0 radical (unpaired) electrons. The third-order valence-corrected chi connectivity index (χ3v) is 4.84. The summed E-state index contributed by atoms with van der Waals surface area (Å²) in [4.78, 5) is 0. The van der Waals surface area contributed by atoms with Gasteiger partial charge in [-0.15, -0.1) is 11.3 Å². The zero-order valence-corrected chi connectivity index (χ0v) is 12.8. The van der Waals surface area contributed by atoms with Gasteiger partial charge in [-0.1, -0.05) is 23.2 Å². The van der Waals surface area contributed by atoms with Crippen LogP contribution >= 0.6 is 34.5 Å². The molecule has 0 aliphatic carbocycles. The maximum absolute atomic E-state index is 10.9. The number of hydrogen-bond acceptors (Lipinski definition) is 4. The summed E-state index contributed by atoms with van der Waals surface area (Å²) in [5, 5.41) is 3.22. The van der Waals surface area contributed by atoms with Crippen LogP contribution in [0, 0.1) is 0 Å². The van der Waals surface area contributed by atoms with Crippen LogP contribution in [0.5, 0.6) is 0 Å². The summed E-state index contributed by atoms with van der Waals surface area (Å²) in [7, 11) is -2.88. The molecular formula is C10H15Cl2NO2S2. The van der Waals surface area contributed by atoms with Crippen LogP contribution in [0.2, 0.25) is 8.67 Å². The highest BCUT2D eigenvalue weighted by Crippen LogP contribution is 2.34. The number of halogens is 2. The van der Waals surface area contributed by atoms with Crippen LogP contribution in [0.25, 0.3) is 0 Å². The number of thiophene rings is 1. The van der Waals surface area contributed by atoms with Crippen LogP contribution in [-0.2, 0) is 9.84 Å². The fourth-order valence-electron chi connectivity index (χ4n) is 1.41. The fourth-order valence-corrected chi connectivity index (χ4v) is 3.73. The SMILES string of the molecule is CC(NCCCS(C)(=O)=O)c1cc(Cl)sc1Cl. The van der Waals surface area contributed by atoms with Crippen molar-refractivity contribution in [2.24, 2.45) is 0 Å². The first-order valence-electron chi connectivity index (χ1n) is 5.15. The third kappa shape index (κ3) is 5.57. The number of nitrogens with one attached hydrogen (secondary N) is 1. The minimum Gasteiger partial charge on any atom is -0.310 e. The van der Waals surface area contributed by atoms with Crippen molar-refractivity contribution in [1.29, 1.82) is 0 Å². The van der Waals surface area contributed by atoms with E-state index in [-0.39, 0.29) is 11.8 Å². The second-order valence-electron chi connectivity index (χ2n) is 3.94. The molecule has 0 saturated heterocycles. The number of rotatable bonds is 6. The van der Waals surface area contributed by atoms with E-state index in [1.54, 1.807) is 0 Å². The molecule has 1 aromatic rings. The highest BCUT2D eigenvalue weighted by molar-refractivity contribution is 7.90. The lowest BCUT2D eigenvalue weighted by molar-refractivity contribution is 0.563. The second-order valence-corrected chi connectivity index (χ2v) is 8.48. The first-order chi connectivity index (χ1) is 7.79. The molecule has 0 spiro atoms. The van der Waals surface area contributed by atoms with Gasteiger partial charge in [-0.3, -0.25) is 0 Å². The van der Waals surface area contributed by atoms with Gasteiger partial charge in [0.25, 0.3) is 0 Å². The van der Waals surface area contributed by atoms with Crippen LogP contribution in [-0.4, -0.2) is 27.0 Å². The lowest BCUT2D eigenvalue weighted by atomic mass is 10.2. The van der Waals surface area contributed by atoms with E-state index in [9.17, 15) is 8.42 Å². The quantitative estimate of drug-likeness (QED) is 0.820. The van der Waals surface area contributed by atoms with Crippen LogP contribution in [0.1, 0.15) is 24.9 Å². The summed E-state index contributed by atoms with van der Waals surface area (Å²) >= 11 is 13.2. The lowest BCUT2D eigenvalue weighted by Gasteiger charge is -2.12. The van der Waals surface area contributed by atoms with E-state index in [4.69, 9.17) is 23.2 Å². The van der Waals surface area contributed by atoms with E-state index < -0.39 is 9.84 Å². The van der Waals surface area contributed by atoms with E-state index >= 15 is 0 Å². The number of sulfone groups is 1. The van der Waals surface area contributed by atoms with Crippen molar-refractivity contribution in [3.8, 4) is 0 Å². The van der Waals surface area contributed by atoms with Gasteiger partial charge >= 0.3 is 0 Å². The Hall–Kier alpha value is 0.190. The highest BCUT2D eigenvalue weighted by Gasteiger charge is 2.12. The molecule has 17 heavy (non-hydrogen) atoms. The highest BCUT2D eigenvalue weighted by atomic mass is 35.5. The van der Waals surface area contributed by atoms with E-state index in [0.717, 1.165) is 5.56 Å². The molecular weight excluding hydrogens is 301 g/mol. The van der Waals surface area contributed by atoms with Crippen LogP contribution < -0.4 is 5.32 Å². The Labute approximate surface area is 116 Å². The van der Waals surface area contributed by atoms with Crippen molar-refractivity contribution < 1.29 is 8.42 Å². The molecule has 0 bridgehead atoms. The van der Waals surface area contributed by atoms with Crippen molar-refractivity contribution in [2.45, 2.75) is 19.4 Å². The van der Waals surface area contributed by atoms with Crippen LogP contribution in [0.4, 0.5) is 0 Å². The first-order valence-corrected chi connectivity index (χ1v) is 8.79. The minimum atomic E-state index is -2.88. The Kier molecular flexibility index (Phi) is 5.73. The Morgan fingerprint density at radius 3 is 2.59 bits per heavy atom. The molecule has 0 saturated carbocycles. The van der Waals surface area contributed by atoms with Gasteiger partial charge in [0.15, 0.2) is 0 Å². The summed E-state index contributed by atoms with van der Waals surface area (Å²) in [6, 6.07) is 1.91. The maximum atomic E-state index is 10.9. The van der Waals surface area contributed by atoms with Crippen molar-refractivity contribution >= 4 is 44.4 Å². The van der Waals surface area contributed by atoms with E-state index in [1.165, 1.54) is 17.6 Å². The maximum Gasteiger partial charge on any atom is 0.147 e. The van der Waals surface area contributed by atoms with Gasteiger partial charge in [0.1, 0.15) is 9.84 Å². The predicted octanol–water partition coefficient (Wildman–Crippen LogP) is 3.14. The van der Waals surface area contributed by atoms with E-state index in [2.05, 4.69) is 5.32 Å². The molecule has 0 aliphatic heterocycles. The summed E-state index contributed by atoms with van der Waals surface area (Å²) < 4.78 is 23.2. The summed E-state index contributed by atoms with van der Waals surface area (Å²) in [5.74, 6) is 0.199. The van der Waals surface area contributed by atoms with Gasteiger partial charge in [0.05, 0.1) is 14.4 Å². The van der Waals surface area contributed by atoms with Crippen LogP contribution in [0.15, 0.2) is 6.07 Å². The fraction of sp³-hybridized carbons (Fsp3) is 0.600. The Morgan fingerprint density at radius 2 is 2.12 bits per heavy atom. The van der Waals surface area contributed by atoms with Gasteiger partial charge in [-0.25, -0.2) is 8.42 Å². The summed E-state index contributed by atoms with van der Waals surface area (Å²) in [5.41, 5.74) is 0.959. The molecule has 7 heteroatoms.